The van der Waals surface area contributed by atoms with Gasteiger partial charge >= 0.3 is 5.97 Å². The molecule has 2 rings (SSSR count). The molecule has 0 aromatic heterocycles. The van der Waals surface area contributed by atoms with Crippen LogP contribution in [0.1, 0.15) is 11.1 Å². The topological polar surface area (TPSA) is 131 Å². The molecule has 5 N–H and O–H groups in total. The van der Waals surface area contributed by atoms with Crippen LogP contribution in [0.3, 0.4) is 0 Å². The van der Waals surface area contributed by atoms with E-state index in [1.165, 1.54) is 42.6 Å². The van der Waals surface area contributed by atoms with E-state index in [1.807, 2.05) is 0 Å². The molecule has 7 heteroatoms. The summed E-state index contributed by atoms with van der Waals surface area (Å²) in [6.45, 7) is 0. The number of carboxylic acid groups (broad SMARTS) is 1. The maximum absolute atomic E-state index is 11.3. The van der Waals surface area contributed by atoms with Crippen molar-refractivity contribution in [2.75, 3.05) is 0 Å². The van der Waals surface area contributed by atoms with Gasteiger partial charge in [0.15, 0.2) is 17.5 Å². The number of phenolic OH excluding ortho intramolecular Hbond substituents is 4. The smallest absolute Gasteiger partial charge is 0.328 e. The number of carbonyl (C=O) groups is 1. The molecule has 1 atom stereocenters. The minimum Gasteiger partial charge on any atom is -0.508 e. The second-order valence-electron chi connectivity index (χ2n) is 5.23. The van der Waals surface area contributed by atoms with E-state index in [0.29, 0.717) is 11.1 Å². The third-order valence-electron chi connectivity index (χ3n) is 3.41. The number of phenols is 4. The third kappa shape index (κ3) is 4.39. The molecule has 0 radical (unpaired) electrons. The van der Waals surface area contributed by atoms with Crippen LogP contribution in [0.25, 0.3) is 0 Å². The summed E-state index contributed by atoms with van der Waals surface area (Å²) in [4.78, 5) is 15.3. The molecule has 0 aliphatic rings. The standard InChI is InChI=1S/C17H17NO6/c19-12-2-4-14(20)11(9-12)5-6-18-13(17(23)24)7-10-1-3-15(21)16(22)8-10/h1-4,6,8-9,13,19-22H,5,7H2,(H,23,24). The van der Waals surface area contributed by atoms with Crippen molar-refractivity contribution in [2.45, 2.75) is 18.9 Å². The van der Waals surface area contributed by atoms with Crippen LogP contribution in [0.5, 0.6) is 23.0 Å². The summed E-state index contributed by atoms with van der Waals surface area (Å²) in [7, 11) is 0. The molecular weight excluding hydrogens is 314 g/mol. The fraction of sp³-hybridized carbons (Fsp3) is 0.176. The number of nitrogens with zero attached hydrogens (tertiary/aromatic N) is 1. The average molecular weight is 331 g/mol. The summed E-state index contributed by atoms with van der Waals surface area (Å²) in [5.41, 5.74) is 0.931. The van der Waals surface area contributed by atoms with Crippen molar-refractivity contribution >= 4 is 12.2 Å². The first kappa shape index (κ1) is 17.1. The second kappa shape index (κ2) is 7.36. The van der Waals surface area contributed by atoms with Gasteiger partial charge in [0.1, 0.15) is 11.5 Å². The molecule has 0 amide bonds. The molecule has 0 saturated carbocycles. The summed E-state index contributed by atoms with van der Waals surface area (Å²) in [6.07, 6.45) is 1.55. The Balaban J connectivity index is 2.09. The van der Waals surface area contributed by atoms with Crippen LogP contribution in [-0.2, 0) is 17.6 Å². The van der Waals surface area contributed by atoms with Crippen LogP contribution < -0.4 is 0 Å². The average Bonchev–Trinajstić information content (AvgIpc) is 2.53. The number of aliphatic imine (C=N–C) groups is 1. The Morgan fingerprint density at radius 1 is 1.00 bits per heavy atom. The molecule has 2 aromatic rings. The Morgan fingerprint density at radius 2 is 1.71 bits per heavy atom. The Bertz CT molecular complexity index is 772. The maximum atomic E-state index is 11.3. The van der Waals surface area contributed by atoms with Crippen molar-refractivity contribution in [3.63, 3.8) is 0 Å². The molecule has 24 heavy (non-hydrogen) atoms. The summed E-state index contributed by atoms with van der Waals surface area (Å²) < 4.78 is 0. The quantitative estimate of drug-likeness (QED) is 0.312. The monoisotopic (exact) mass is 331 g/mol. The van der Waals surface area contributed by atoms with Gasteiger partial charge in [0, 0.05) is 24.6 Å². The first-order valence-electron chi connectivity index (χ1n) is 7.13. The molecule has 0 saturated heterocycles. The molecular formula is C17H17NO6. The van der Waals surface area contributed by atoms with Crippen molar-refractivity contribution < 1.29 is 30.3 Å². The molecule has 1 unspecified atom stereocenters. The predicted octanol–water partition coefficient (Wildman–Crippen LogP) is 1.82. The normalized spacial score (nSPS) is 12.3. The number of rotatable bonds is 6. The fourth-order valence-electron chi connectivity index (χ4n) is 2.14. The van der Waals surface area contributed by atoms with Gasteiger partial charge in [-0.1, -0.05) is 6.07 Å². The van der Waals surface area contributed by atoms with E-state index in [9.17, 15) is 30.3 Å². The van der Waals surface area contributed by atoms with Gasteiger partial charge < -0.3 is 25.5 Å². The lowest BCUT2D eigenvalue weighted by molar-refractivity contribution is -0.138. The molecule has 126 valence electrons. The highest BCUT2D eigenvalue weighted by Crippen LogP contribution is 2.26. The van der Waals surface area contributed by atoms with Gasteiger partial charge in [-0.15, -0.1) is 0 Å². The number of aromatic hydroxyl groups is 4. The van der Waals surface area contributed by atoms with E-state index < -0.39 is 12.0 Å². The van der Waals surface area contributed by atoms with Crippen LogP contribution in [0, 0.1) is 0 Å². The number of hydrogen-bond donors (Lipinski definition) is 5. The summed E-state index contributed by atoms with van der Waals surface area (Å²) in [6, 6.07) is 7.03. The van der Waals surface area contributed by atoms with Gasteiger partial charge in [-0.05, 0) is 35.9 Å². The number of hydrogen-bond acceptors (Lipinski definition) is 6. The van der Waals surface area contributed by atoms with E-state index in [4.69, 9.17) is 0 Å². The lowest BCUT2D eigenvalue weighted by Gasteiger charge is -2.09. The number of carboxylic acids is 1. The van der Waals surface area contributed by atoms with Crippen LogP contribution >= 0.6 is 0 Å². The van der Waals surface area contributed by atoms with Gasteiger partial charge in [-0.3, -0.25) is 4.99 Å². The Labute approximate surface area is 137 Å². The van der Waals surface area contributed by atoms with E-state index >= 15 is 0 Å². The first-order chi connectivity index (χ1) is 11.4. The molecule has 7 nitrogen and oxygen atoms in total. The predicted molar refractivity (Wildman–Crippen MR) is 86.9 cm³/mol. The first-order valence-corrected chi connectivity index (χ1v) is 7.13. The molecule has 0 spiro atoms. The SMILES string of the molecule is O=C(O)C(Cc1ccc(O)c(O)c1)N=CCc1cc(O)ccc1O. The van der Waals surface area contributed by atoms with E-state index in [1.54, 1.807) is 0 Å². The minimum absolute atomic E-state index is 0.00875. The number of aliphatic carboxylic acids is 1. The molecule has 0 fully saturated rings. The summed E-state index contributed by atoms with van der Waals surface area (Å²) in [5, 5.41) is 47.0. The van der Waals surface area contributed by atoms with Crippen LogP contribution in [0.15, 0.2) is 41.4 Å². The second-order valence-corrected chi connectivity index (χ2v) is 5.23. The largest absolute Gasteiger partial charge is 0.508 e. The lowest BCUT2D eigenvalue weighted by Crippen LogP contribution is -2.21. The zero-order valence-electron chi connectivity index (χ0n) is 12.6. The fourth-order valence-corrected chi connectivity index (χ4v) is 2.14. The Kier molecular flexibility index (Phi) is 5.26. The highest BCUT2D eigenvalue weighted by molar-refractivity contribution is 5.77. The lowest BCUT2D eigenvalue weighted by atomic mass is 10.1. The zero-order chi connectivity index (χ0) is 17.7. The summed E-state index contributed by atoms with van der Waals surface area (Å²) in [5.74, 6) is -1.78. The van der Waals surface area contributed by atoms with Crippen LogP contribution in [0.2, 0.25) is 0 Å². The zero-order valence-corrected chi connectivity index (χ0v) is 12.6. The van der Waals surface area contributed by atoms with Gasteiger partial charge in [0.05, 0.1) is 0 Å². The highest BCUT2D eigenvalue weighted by Gasteiger charge is 2.17. The highest BCUT2D eigenvalue weighted by atomic mass is 16.4. The molecule has 0 heterocycles. The van der Waals surface area contributed by atoms with Gasteiger partial charge in [0.2, 0.25) is 0 Å². The van der Waals surface area contributed by atoms with Crippen molar-refractivity contribution in [2.24, 2.45) is 4.99 Å². The van der Waals surface area contributed by atoms with Crippen molar-refractivity contribution in [3.05, 3.63) is 47.5 Å². The van der Waals surface area contributed by atoms with Crippen molar-refractivity contribution in [1.82, 2.24) is 0 Å². The Morgan fingerprint density at radius 3 is 2.38 bits per heavy atom. The molecule has 0 bridgehead atoms. The molecule has 2 aromatic carbocycles. The van der Waals surface area contributed by atoms with Crippen LogP contribution in [-0.4, -0.2) is 43.8 Å². The number of benzene rings is 2. The maximum Gasteiger partial charge on any atom is 0.328 e. The van der Waals surface area contributed by atoms with Crippen LogP contribution in [0.4, 0.5) is 0 Å². The molecule has 0 aliphatic heterocycles. The third-order valence-corrected chi connectivity index (χ3v) is 3.41. The van der Waals surface area contributed by atoms with Crippen molar-refractivity contribution in [1.29, 1.82) is 0 Å². The van der Waals surface area contributed by atoms with Gasteiger partial charge in [-0.2, -0.15) is 0 Å². The van der Waals surface area contributed by atoms with E-state index in [2.05, 4.69) is 4.99 Å². The minimum atomic E-state index is -1.14. The van der Waals surface area contributed by atoms with Crippen molar-refractivity contribution in [3.8, 4) is 23.0 Å². The van der Waals surface area contributed by atoms with Gasteiger partial charge in [-0.25, -0.2) is 4.79 Å². The molecule has 0 aliphatic carbocycles. The van der Waals surface area contributed by atoms with Gasteiger partial charge in [0.25, 0.3) is 0 Å². The van der Waals surface area contributed by atoms with E-state index in [-0.39, 0.29) is 35.8 Å². The van der Waals surface area contributed by atoms with E-state index in [0.717, 1.165) is 0 Å². The summed E-state index contributed by atoms with van der Waals surface area (Å²) >= 11 is 0. The Hall–Kier alpha value is -3.22.